The van der Waals surface area contributed by atoms with Crippen molar-refractivity contribution in [3.8, 4) is 17.2 Å². The van der Waals surface area contributed by atoms with E-state index in [9.17, 15) is 18.4 Å². The topological polar surface area (TPSA) is 80.3 Å². The van der Waals surface area contributed by atoms with Gasteiger partial charge in [0.05, 0.1) is 17.7 Å². The van der Waals surface area contributed by atoms with Gasteiger partial charge in [0.2, 0.25) is 0 Å². The summed E-state index contributed by atoms with van der Waals surface area (Å²) < 4.78 is 57.1. The molecule has 0 amide bonds. The maximum atomic E-state index is 14.6. The van der Waals surface area contributed by atoms with Gasteiger partial charge in [-0.3, -0.25) is 0 Å². The minimum Gasteiger partial charge on any atom is -0.494 e. The molecule has 3 rings (SSSR count). The van der Waals surface area contributed by atoms with Crippen LogP contribution in [0, 0.1) is 11.6 Å². The largest absolute Gasteiger partial charge is 0.494 e. The number of hydrogen-bond acceptors (Lipinski definition) is 7. The third-order valence-electron chi connectivity index (χ3n) is 7.57. The van der Waals surface area contributed by atoms with Crippen molar-refractivity contribution in [2.45, 2.75) is 110 Å². The van der Waals surface area contributed by atoms with Crippen LogP contribution in [0.2, 0.25) is 51.9 Å². The maximum absolute atomic E-state index is 14.6. The summed E-state index contributed by atoms with van der Waals surface area (Å²) in [6, 6.07) is 15.8. The van der Waals surface area contributed by atoms with Gasteiger partial charge in [0.15, 0.2) is 16.6 Å². The molecule has 0 aliphatic carbocycles. The van der Waals surface area contributed by atoms with Gasteiger partial charge >= 0.3 is 20.5 Å². The number of halogens is 2. The molecule has 0 unspecified atom stereocenters. The first-order valence-corrected chi connectivity index (χ1v) is 27.0. The Hall–Kier alpha value is -3.17. The standard InChI is InChI=1S/C38H54F2O7Si3/c1-48(2,3)46-50(7,47-49(4,5)6)28-16-14-12-10-8-9-11-13-15-27-43-32-21-17-30(18-22-32)37(41)45-34-25-26-35(36(40)29-34)38(42)44-33-23-19-31(39)20-24-33/h17-26,29H,8-16,27-28H2,1-7H3. The molecule has 0 heterocycles. The van der Waals surface area contributed by atoms with E-state index in [1.165, 1.54) is 63.1 Å². The van der Waals surface area contributed by atoms with Crippen LogP contribution in [0.15, 0.2) is 66.7 Å². The zero-order valence-electron chi connectivity index (χ0n) is 30.7. The minimum atomic E-state index is -2.12. The number of esters is 2. The number of rotatable bonds is 21. The molecule has 0 aliphatic heterocycles. The van der Waals surface area contributed by atoms with Crippen molar-refractivity contribution < 1.29 is 40.8 Å². The predicted octanol–water partition coefficient (Wildman–Crippen LogP) is 11.1. The van der Waals surface area contributed by atoms with Gasteiger partial charge in [-0.25, -0.2) is 18.4 Å². The van der Waals surface area contributed by atoms with Crippen molar-refractivity contribution in [3.63, 3.8) is 0 Å². The van der Waals surface area contributed by atoms with Crippen LogP contribution in [0.1, 0.15) is 78.5 Å². The molecule has 274 valence electrons. The van der Waals surface area contributed by atoms with E-state index in [4.69, 9.17) is 22.4 Å². The molecule has 12 heteroatoms. The highest BCUT2D eigenvalue weighted by Crippen LogP contribution is 2.27. The smallest absolute Gasteiger partial charge is 0.346 e. The van der Waals surface area contributed by atoms with E-state index in [1.54, 1.807) is 24.3 Å². The molecule has 0 saturated carbocycles. The normalized spacial score (nSPS) is 12.1. The zero-order valence-corrected chi connectivity index (χ0v) is 33.7. The second-order valence-corrected chi connectivity index (χ2v) is 27.6. The van der Waals surface area contributed by atoms with Gasteiger partial charge in [-0.2, -0.15) is 0 Å². The molecule has 0 spiro atoms. The first-order valence-electron chi connectivity index (χ1n) is 17.6. The number of unbranched alkanes of at least 4 members (excludes halogenated alkanes) is 8. The van der Waals surface area contributed by atoms with Crippen LogP contribution in [0.5, 0.6) is 17.2 Å². The lowest BCUT2D eigenvalue weighted by Gasteiger charge is -2.38. The number of carbonyl (C=O) groups is 2. The van der Waals surface area contributed by atoms with E-state index in [0.29, 0.717) is 12.4 Å². The Kier molecular flexibility index (Phi) is 16.0. The summed E-state index contributed by atoms with van der Waals surface area (Å²) in [5.74, 6) is -2.38. The van der Waals surface area contributed by atoms with Gasteiger partial charge in [-0.15, -0.1) is 0 Å². The average Bonchev–Trinajstić information content (AvgIpc) is 3.01. The summed E-state index contributed by atoms with van der Waals surface area (Å²) in [6.07, 6.45) is 10.7. The molecule has 0 radical (unpaired) electrons. The third-order valence-corrected chi connectivity index (χ3v) is 17.2. The fourth-order valence-corrected chi connectivity index (χ4v) is 18.3. The summed E-state index contributed by atoms with van der Waals surface area (Å²) >= 11 is 0. The highest BCUT2D eigenvalue weighted by Gasteiger charge is 2.39. The van der Waals surface area contributed by atoms with Crippen molar-refractivity contribution >= 4 is 37.1 Å². The summed E-state index contributed by atoms with van der Waals surface area (Å²) in [5, 5.41) is 0. The Balaban J connectivity index is 1.27. The van der Waals surface area contributed by atoms with Gasteiger partial charge in [-0.1, -0.05) is 51.4 Å². The second kappa shape index (κ2) is 19.4. The van der Waals surface area contributed by atoms with Crippen LogP contribution in [0.4, 0.5) is 8.78 Å². The summed E-state index contributed by atoms with van der Waals surface area (Å²) in [6.45, 7) is 16.4. The first-order chi connectivity index (χ1) is 23.5. The zero-order chi connectivity index (χ0) is 36.8. The maximum Gasteiger partial charge on any atom is 0.346 e. The molecular weight excluding hydrogens is 691 g/mol. The van der Waals surface area contributed by atoms with E-state index in [0.717, 1.165) is 43.2 Å². The van der Waals surface area contributed by atoms with E-state index < -0.39 is 48.8 Å². The molecule has 0 aromatic heterocycles. The van der Waals surface area contributed by atoms with Crippen LogP contribution < -0.4 is 14.2 Å². The second-order valence-electron chi connectivity index (χ2n) is 14.7. The Morgan fingerprint density at radius 3 is 1.58 bits per heavy atom. The van der Waals surface area contributed by atoms with E-state index >= 15 is 0 Å². The molecule has 0 aliphatic rings. The van der Waals surface area contributed by atoms with Gasteiger partial charge in [0.1, 0.15) is 28.9 Å². The lowest BCUT2D eigenvalue weighted by molar-refractivity contribution is 0.0728. The van der Waals surface area contributed by atoms with Crippen molar-refractivity contribution in [2.75, 3.05) is 6.61 Å². The van der Waals surface area contributed by atoms with Crippen molar-refractivity contribution in [1.82, 2.24) is 0 Å². The molecule has 0 N–H and O–H groups in total. The number of benzene rings is 3. The molecule has 7 nitrogen and oxygen atoms in total. The van der Waals surface area contributed by atoms with Gasteiger partial charge < -0.3 is 22.4 Å². The van der Waals surface area contributed by atoms with Crippen LogP contribution in [0.3, 0.4) is 0 Å². The van der Waals surface area contributed by atoms with Gasteiger partial charge in [-0.05, 0) is 119 Å². The Morgan fingerprint density at radius 2 is 1.04 bits per heavy atom. The van der Waals surface area contributed by atoms with E-state index in [-0.39, 0.29) is 22.6 Å². The molecular formula is C38H54F2O7Si3. The third kappa shape index (κ3) is 15.8. The summed E-state index contributed by atoms with van der Waals surface area (Å²) in [7, 11) is -5.39. The molecule has 3 aromatic rings. The quantitative estimate of drug-likeness (QED) is 0.0465. The minimum absolute atomic E-state index is 0.0638. The number of ether oxygens (including phenoxy) is 3. The fourth-order valence-electron chi connectivity index (χ4n) is 5.64. The molecule has 0 fully saturated rings. The monoisotopic (exact) mass is 744 g/mol. The van der Waals surface area contributed by atoms with Crippen LogP contribution >= 0.6 is 0 Å². The Labute approximate surface area is 300 Å². The summed E-state index contributed by atoms with van der Waals surface area (Å²) in [5.41, 5.74) is -0.0770. The highest BCUT2D eigenvalue weighted by atomic mass is 28.5. The van der Waals surface area contributed by atoms with Crippen molar-refractivity contribution in [1.29, 1.82) is 0 Å². The molecule has 0 saturated heterocycles. The molecule has 3 aromatic carbocycles. The molecule has 0 bridgehead atoms. The first kappa shape index (κ1) is 41.3. The summed E-state index contributed by atoms with van der Waals surface area (Å²) in [4.78, 5) is 24.9. The predicted molar refractivity (Wildman–Crippen MR) is 201 cm³/mol. The van der Waals surface area contributed by atoms with Crippen molar-refractivity contribution in [3.05, 3.63) is 89.5 Å². The number of hydrogen-bond donors (Lipinski definition) is 0. The van der Waals surface area contributed by atoms with Crippen LogP contribution in [0.25, 0.3) is 0 Å². The molecule has 0 atom stereocenters. The average molecular weight is 745 g/mol. The van der Waals surface area contributed by atoms with Crippen LogP contribution in [-0.4, -0.2) is 43.7 Å². The SMILES string of the molecule is C[Si](C)(C)O[Si](C)(CCCCCCCCCCCOc1ccc(C(=O)Oc2ccc(C(=O)Oc3ccc(F)cc3)c(F)c2)cc1)O[Si](C)(C)C. The van der Waals surface area contributed by atoms with E-state index in [1.807, 2.05) is 0 Å². The number of carbonyl (C=O) groups excluding carboxylic acids is 2. The lowest BCUT2D eigenvalue weighted by Crippen LogP contribution is -2.52. The highest BCUT2D eigenvalue weighted by molar-refractivity contribution is 6.87. The Bertz CT molecular complexity index is 1490. The molecule has 50 heavy (non-hydrogen) atoms. The van der Waals surface area contributed by atoms with Gasteiger partial charge in [0.25, 0.3) is 0 Å². The van der Waals surface area contributed by atoms with E-state index in [2.05, 4.69) is 45.8 Å². The lowest BCUT2D eigenvalue weighted by atomic mass is 10.1. The fraction of sp³-hybridized carbons (Fsp3) is 0.474. The Morgan fingerprint density at radius 1 is 0.560 bits per heavy atom. The van der Waals surface area contributed by atoms with Crippen molar-refractivity contribution in [2.24, 2.45) is 0 Å². The van der Waals surface area contributed by atoms with Crippen LogP contribution in [-0.2, 0) is 8.23 Å². The van der Waals surface area contributed by atoms with Gasteiger partial charge in [0, 0.05) is 6.07 Å².